The molecule has 0 aliphatic rings. The quantitative estimate of drug-likeness (QED) is 0.137. The van der Waals surface area contributed by atoms with Crippen LogP contribution in [0.5, 0.6) is 23.0 Å². The number of H-pyrrole nitrogens is 2. The van der Waals surface area contributed by atoms with Gasteiger partial charge in [0.25, 0.3) is 0 Å². The van der Waals surface area contributed by atoms with E-state index in [1.54, 1.807) is 97.8 Å². The normalized spacial score (nSPS) is 11.5. The van der Waals surface area contributed by atoms with Gasteiger partial charge in [0.15, 0.2) is 17.5 Å². The maximum atomic E-state index is 12.0. The molecule has 0 atom stereocenters. The van der Waals surface area contributed by atoms with E-state index in [4.69, 9.17) is 24.4 Å². The van der Waals surface area contributed by atoms with Crippen LogP contribution in [0.2, 0.25) is 0 Å². The number of aromatic amines is 2. The molecule has 2 N–H and O–H groups in total. The number of imidazole rings is 2. The Morgan fingerprint density at radius 1 is 0.430 bits per heavy atom. The third-order valence-electron chi connectivity index (χ3n) is 12.4. The van der Waals surface area contributed by atoms with Crippen molar-refractivity contribution in [1.29, 1.82) is 0 Å². The number of tetrazole rings is 4. The fraction of sp³-hybridized carbons (Fsp3) is 0.269. The van der Waals surface area contributed by atoms with Gasteiger partial charge in [0.1, 0.15) is 66.5 Å². The summed E-state index contributed by atoms with van der Waals surface area (Å²) in [4.78, 5) is 59.0. The lowest BCUT2D eigenvalue weighted by molar-refractivity contribution is 0.298. The Kier molecular flexibility index (Phi) is 16.5. The summed E-state index contributed by atoms with van der Waals surface area (Å²) in [6, 6.07) is 22.1. The van der Waals surface area contributed by atoms with Gasteiger partial charge >= 0.3 is 22.8 Å². The summed E-state index contributed by atoms with van der Waals surface area (Å²) in [5.41, 5.74) is 3.93. The molecule has 12 rings (SSSR count). The second-order valence-electron chi connectivity index (χ2n) is 18.5. The number of nitrogens with one attached hydrogen (secondary N) is 2. The number of nitrogens with zero attached hydrogens (tertiary/aromatic N) is 24. The Morgan fingerprint density at radius 2 is 0.837 bits per heavy atom. The lowest BCUT2D eigenvalue weighted by Crippen LogP contribution is -2.24. The topological polar surface area (TPSA) is 367 Å². The molecule has 0 spiro atoms. The molecule has 0 aliphatic heterocycles. The summed E-state index contributed by atoms with van der Waals surface area (Å²) >= 11 is 0. The number of aromatic nitrogens is 26. The van der Waals surface area contributed by atoms with Gasteiger partial charge in [-0.25, -0.2) is 33.8 Å². The largest absolute Gasteiger partial charge is 0.487 e. The molecule has 8 heterocycles. The molecule has 12 aromatic rings. The summed E-state index contributed by atoms with van der Waals surface area (Å²) in [6.07, 6.45) is 3.06. The fourth-order valence-electron chi connectivity index (χ4n) is 7.73. The lowest BCUT2D eigenvalue weighted by Gasteiger charge is -2.09. The van der Waals surface area contributed by atoms with Gasteiger partial charge in [-0.2, -0.15) is 29.0 Å². The van der Waals surface area contributed by atoms with Crippen molar-refractivity contribution in [2.24, 2.45) is 42.3 Å². The van der Waals surface area contributed by atoms with Crippen molar-refractivity contribution in [3.8, 4) is 46.3 Å². The third kappa shape index (κ3) is 13.3. The number of benzene rings is 4. The maximum Gasteiger partial charge on any atom is 0.369 e. The van der Waals surface area contributed by atoms with Gasteiger partial charge in [-0.1, -0.05) is 77.9 Å². The SMILES string of the molecule is [3H]c1ccc(OCc2[nH]cnc2-n2nnn(C)c2=O)c(C)c1.[3H]c1ccc(OCc2n[nH]nc2-n2nnn(C)c2=O)c(C)c1.[3H]c1ccc(OCc2ncn(C)c2-n2nnn(C)c2=O)c(C)c1.[3H]c1ccc(OCc2nnn(C)c2-n2nnn(C)c2=O)c(C)c1. The molecule has 0 aliphatic carbocycles. The van der Waals surface area contributed by atoms with E-state index in [1.165, 1.54) is 43.9 Å². The van der Waals surface area contributed by atoms with Crippen LogP contribution in [0, 0.1) is 27.7 Å². The molecule has 34 nitrogen and oxygen atoms in total. The standard InChI is InChI=1S/C14H16N6O2.C13H15N7O2.C13H14N6O2.C12H13N7O2/c1-10-6-4-5-7-12(10)22-8-11-13(18(2)9-15-11)20-14(21)19(3)16-17-20;1-9-6-4-5-7-11(9)22-8-10-12(18(2)15-14-10)20-13(21)19(3)16-17-20;1-9-5-3-4-6-11(9)21-7-10-12(15-8-14-10)19-13(20)18(2)16-17-19;1-8-5-3-4-6-10(8)21-7-9-11(14-15-13-9)19-12(20)18(2)16-17-19/h4-7,9H,8H2,1-3H3;4-7H,8H2,1-3H3;3-6,8H,7H2,1-2H3,(H,14,15);3-6H,7H2,1-2H3,(H,13,14,15)/i2*4T;2*3T. The van der Waals surface area contributed by atoms with Crippen molar-refractivity contribution in [2.45, 2.75) is 54.1 Å². The lowest BCUT2D eigenvalue weighted by atomic mass is 10.2. The highest BCUT2D eigenvalue weighted by molar-refractivity contribution is 5.36. The first-order chi connectivity index (χ1) is 43.1. The number of aryl methyl sites for hydroxylation is 10. The average molecular weight is 1180 g/mol. The van der Waals surface area contributed by atoms with Crippen LogP contribution in [0.4, 0.5) is 0 Å². The number of ether oxygens (including phenoxy) is 4. The molecule has 0 radical (unpaired) electrons. The molecule has 4 aromatic carbocycles. The van der Waals surface area contributed by atoms with Gasteiger partial charge in [-0.3, -0.25) is 0 Å². The van der Waals surface area contributed by atoms with Gasteiger partial charge < -0.3 is 28.5 Å². The van der Waals surface area contributed by atoms with E-state index in [1.807, 2.05) is 27.7 Å². The van der Waals surface area contributed by atoms with E-state index < -0.39 is 11.4 Å². The van der Waals surface area contributed by atoms with Crippen LogP contribution in [0.15, 0.2) is 129 Å². The minimum absolute atomic E-state index is 0.104. The van der Waals surface area contributed by atoms with E-state index in [0.717, 1.165) is 55.0 Å². The van der Waals surface area contributed by atoms with Gasteiger partial charge in [0.2, 0.25) is 5.82 Å². The van der Waals surface area contributed by atoms with Crippen LogP contribution in [0.1, 0.15) is 50.5 Å². The van der Waals surface area contributed by atoms with Crippen molar-refractivity contribution in [3.05, 3.63) is 197 Å². The molecule has 444 valence electrons. The summed E-state index contributed by atoms with van der Waals surface area (Å²) in [6.45, 7) is 8.04. The van der Waals surface area contributed by atoms with Crippen molar-refractivity contribution >= 4 is 0 Å². The van der Waals surface area contributed by atoms with Gasteiger partial charge in [-0.05, 0) is 116 Å². The molecular formula is C52H58N26O8. The maximum absolute atomic E-state index is 12.0. The van der Waals surface area contributed by atoms with E-state index in [2.05, 4.69) is 82.4 Å². The zero-order valence-electron chi connectivity index (χ0n) is 51.9. The van der Waals surface area contributed by atoms with Crippen LogP contribution in [0.3, 0.4) is 0 Å². The number of hydrogen-bond donors (Lipinski definition) is 2. The molecule has 0 saturated carbocycles. The summed E-state index contributed by atoms with van der Waals surface area (Å²) in [5, 5.41) is 48.1. The first-order valence-corrected chi connectivity index (χ1v) is 25.6. The van der Waals surface area contributed by atoms with Gasteiger partial charge in [-0.15, -0.1) is 28.9 Å². The highest BCUT2D eigenvalue weighted by Crippen LogP contribution is 2.22. The molecule has 0 fully saturated rings. The second-order valence-corrected chi connectivity index (χ2v) is 18.5. The third-order valence-corrected chi connectivity index (χ3v) is 12.4. The van der Waals surface area contributed by atoms with Crippen molar-refractivity contribution < 1.29 is 24.4 Å². The van der Waals surface area contributed by atoms with E-state index in [-0.39, 0.29) is 43.6 Å². The van der Waals surface area contributed by atoms with Gasteiger partial charge in [0.05, 0.1) is 23.8 Å². The summed E-state index contributed by atoms with van der Waals surface area (Å²) in [5.74, 6) is 4.13. The van der Waals surface area contributed by atoms with Gasteiger partial charge in [0, 0.05) is 42.3 Å². The second kappa shape index (κ2) is 26.4. The minimum Gasteiger partial charge on any atom is -0.487 e. The Balaban J connectivity index is 0.000000142. The van der Waals surface area contributed by atoms with Crippen LogP contribution in [-0.4, -0.2) is 129 Å². The van der Waals surface area contributed by atoms with E-state index in [9.17, 15) is 19.2 Å². The summed E-state index contributed by atoms with van der Waals surface area (Å²) < 4.78 is 65.2. The minimum atomic E-state index is -0.426. The predicted molar refractivity (Wildman–Crippen MR) is 302 cm³/mol. The Morgan fingerprint density at radius 3 is 1.28 bits per heavy atom. The van der Waals surface area contributed by atoms with Crippen LogP contribution in [0.25, 0.3) is 23.3 Å². The number of hydrogen-bond acceptors (Lipinski definition) is 22. The fourth-order valence-corrected chi connectivity index (χ4v) is 7.73. The Bertz CT molecular complexity index is 4440. The molecular weight excluding hydrogens is 1120 g/mol. The predicted octanol–water partition coefficient (Wildman–Crippen LogP) is 1.12. The van der Waals surface area contributed by atoms with Crippen LogP contribution < -0.4 is 41.7 Å². The van der Waals surface area contributed by atoms with Crippen molar-refractivity contribution in [3.63, 3.8) is 0 Å². The zero-order chi connectivity index (χ0) is 64.5. The van der Waals surface area contributed by atoms with E-state index >= 15 is 0 Å². The molecule has 0 saturated heterocycles. The molecule has 86 heavy (non-hydrogen) atoms. The van der Waals surface area contributed by atoms with Crippen LogP contribution in [-0.2, 0) is 68.7 Å². The number of para-hydroxylation sites is 4. The van der Waals surface area contributed by atoms with Crippen LogP contribution >= 0.6 is 0 Å². The highest BCUT2D eigenvalue weighted by Gasteiger charge is 2.21. The molecule has 34 heteroatoms. The smallest absolute Gasteiger partial charge is 0.369 e. The highest BCUT2D eigenvalue weighted by atomic mass is 16.5. The monoisotopic (exact) mass is 1180 g/mol. The molecule has 8 aromatic heterocycles. The molecule has 0 unspecified atom stereocenters. The first-order valence-electron chi connectivity index (χ1n) is 27.6. The Labute approximate surface area is 491 Å². The van der Waals surface area contributed by atoms with Crippen molar-refractivity contribution in [2.75, 3.05) is 0 Å². The molecule has 0 amide bonds. The number of rotatable bonds is 16. The zero-order valence-corrected chi connectivity index (χ0v) is 47.9. The summed E-state index contributed by atoms with van der Waals surface area (Å²) in [7, 11) is 9.48. The molecule has 0 bridgehead atoms. The van der Waals surface area contributed by atoms with E-state index in [0.29, 0.717) is 87.4 Å². The first kappa shape index (κ1) is 53.6. The average Bonchev–Trinajstić information content (AvgIpc) is 2.39. The Hall–Kier alpha value is -11.7. The van der Waals surface area contributed by atoms with Crippen molar-refractivity contribution in [1.82, 2.24) is 129 Å².